The average Bonchev–Trinajstić information content (AvgIpc) is 2.56. The third kappa shape index (κ3) is 5.08. The molecule has 0 bridgehead atoms. The molecule has 0 radical (unpaired) electrons. The van der Waals surface area contributed by atoms with E-state index in [9.17, 15) is 4.79 Å². The lowest BCUT2D eigenvalue weighted by Crippen LogP contribution is -1.99. The molecule has 0 amide bonds. The molecule has 0 fully saturated rings. The highest BCUT2D eigenvalue weighted by Gasteiger charge is 2.07. The van der Waals surface area contributed by atoms with Crippen LogP contribution in [0, 0.1) is 0 Å². The molecule has 1 heterocycles. The quantitative estimate of drug-likeness (QED) is 0.778. The SMILES string of the molecule is CC.COc1cc(C=O)ncc1OCc1ccc(Cl)cc1. The van der Waals surface area contributed by atoms with E-state index in [1.54, 1.807) is 12.1 Å². The molecule has 4 nitrogen and oxygen atoms in total. The monoisotopic (exact) mass is 307 g/mol. The molecule has 0 atom stereocenters. The lowest BCUT2D eigenvalue weighted by atomic mass is 10.2. The Balaban J connectivity index is 0.00000106. The largest absolute Gasteiger partial charge is 0.493 e. The third-order valence-electron chi connectivity index (χ3n) is 2.50. The maximum absolute atomic E-state index is 10.6. The molecule has 0 aliphatic rings. The fourth-order valence-electron chi connectivity index (χ4n) is 1.51. The van der Waals surface area contributed by atoms with Crippen LogP contribution in [-0.4, -0.2) is 18.4 Å². The predicted octanol–water partition coefficient (Wildman–Crippen LogP) is 4.16. The van der Waals surface area contributed by atoms with E-state index in [1.165, 1.54) is 19.4 Å². The number of hydrogen-bond donors (Lipinski definition) is 0. The van der Waals surface area contributed by atoms with Gasteiger partial charge in [-0.05, 0) is 17.7 Å². The van der Waals surface area contributed by atoms with Gasteiger partial charge in [0.05, 0.1) is 13.3 Å². The first-order valence-electron chi connectivity index (χ1n) is 6.59. The van der Waals surface area contributed by atoms with Gasteiger partial charge in [-0.3, -0.25) is 4.79 Å². The van der Waals surface area contributed by atoms with Crippen molar-refractivity contribution in [3.05, 3.63) is 52.8 Å². The Morgan fingerprint density at radius 3 is 2.43 bits per heavy atom. The van der Waals surface area contributed by atoms with Gasteiger partial charge in [-0.15, -0.1) is 0 Å². The number of methoxy groups -OCH3 is 1. The topological polar surface area (TPSA) is 48.4 Å². The van der Waals surface area contributed by atoms with Crippen LogP contribution in [0.25, 0.3) is 0 Å². The number of hydrogen-bond acceptors (Lipinski definition) is 4. The van der Waals surface area contributed by atoms with Crippen LogP contribution in [0.5, 0.6) is 11.5 Å². The van der Waals surface area contributed by atoms with E-state index in [0.29, 0.717) is 35.1 Å². The van der Waals surface area contributed by atoms with Crippen molar-refractivity contribution >= 4 is 17.9 Å². The third-order valence-corrected chi connectivity index (χ3v) is 2.75. The van der Waals surface area contributed by atoms with E-state index in [-0.39, 0.29) is 0 Å². The molecule has 0 saturated carbocycles. The summed E-state index contributed by atoms with van der Waals surface area (Å²) in [4.78, 5) is 14.6. The van der Waals surface area contributed by atoms with Crippen LogP contribution in [0.1, 0.15) is 29.9 Å². The molecule has 21 heavy (non-hydrogen) atoms. The number of carbonyl (C=O) groups excluding carboxylic acids is 1. The van der Waals surface area contributed by atoms with Gasteiger partial charge in [0.25, 0.3) is 0 Å². The van der Waals surface area contributed by atoms with Crippen LogP contribution in [-0.2, 0) is 6.61 Å². The van der Waals surface area contributed by atoms with Crippen LogP contribution in [0.3, 0.4) is 0 Å². The van der Waals surface area contributed by atoms with Crippen molar-refractivity contribution in [1.29, 1.82) is 0 Å². The minimum Gasteiger partial charge on any atom is -0.493 e. The Hall–Kier alpha value is -2.07. The fraction of sp³-hybridized carbons (Fsp3) is 0.250. The number of benzene rings is 1. The molecule has 0 spiro atoms. The number of rotatable bonds is 5. The maximum Gasteiger partial charge on any atom is 0.179 e. The second-order valence-electron chi connectivity index (χ2n) is 3.79. The van der Waals surface area contributed by atoms with Crippen molar-refractivity contribution in [3.8, 4) is 11.5 Å². The average molecular weight is 308 g/mol. The zero-order valence-electron chi connectivity index (χ0n) is 12.3. The van der Waals surface area contributed by atoms with Crippen molar-refractivity contribution in [1.82, 2.24) is 4.98 Å². The van der Waals surface area contributed by atoms with Gasteiger partial charge in [0, 0.05) is 11.1 Å². The van der Waals surface area contributed by atoms with Gasteiger partial charge in [-0.1, -0.05) is 37.6 Å². The van der Waals surface area contributed by atoms with E-state index in [0.717, 1.165) is 5.56 Å². The van der Waals surface area contributed by atoms with E-state index in [4.69, 9.17) is 21.1 Å². The smallest absolute Gasteiger partial charge is 0.179 e. The number of nitrogens with zero attached hydrogens (tertiary/aromatic N) is 1. The summed E-state index contributed by atoms with van der Waals surface area (Å²) in [5.41, 5.74) is 1.28. The zero-order valence-corrected chi connectivity index (χ0v) is 13.1. The van der Waals surface area contributed by atoms with Crippen LogP contribution in [0.15, 0.2) is 36.5 Å². The molecule has 0 saturated heterocycles. The minimum atomic E-state index is 0.302. The highest BCUT2D eigenvalue weighted by molar-refractivity contribution is 6.30. The van der Waals surface area contributed by atoms with E-state index >= 15 is 0 Å². The summed E-state index contributed by atoms with van der Waals surface area (Å²) in [6, 6.07) is 8.88. The standard InChI is InChI=1S/C14H12ClNO3.C2H6/c1-18-13-6-12(8-17)16-7-14(13)19-9-10-2-4-11(15)5-3-10;1-2/h2-8H,9H2,1H3;1-2H3. The van der Waals surface area contributed by atoms with E-state index < -0.39 is 0 Å². The van der Waals surface area contributed by atoms with Gasteiger partial charge >= 0.3 is 0 Å². The number of halogens is 1. The molecule has 0 N–H and O–H groups in total. The molecule has 0 unspecified atom stereocenters. The molecule has 0 aliphatic heterocycles. The fourth-order valence-corrected chi connectivity index (χ4v) is 1.64. The predicted molar refractivity (Wildman–Crippen MR) is 83.3 cm³/mol. The Kier molecular flexibility index (Phi) is 7.26. The van der Waals surface area contributed by atoms with Gasteiger partial charge in [-0.2, -0.15) is 0 Å². The number of aldehydes is 1. The molecule has 2 aromatic rings. The summed E-state index contributed by atoms with van der Waals surface area (Å²) in [6.07, 6.45) is 2.13. The number of ether oxygens (including phenoxy) is 2. The minimum absolute atomic E-state index is 0.302. The molecule has 0 aliphatic carbocycles. The molecule has 5 heteroatoms. The van der Waals surface area contributed by atoms with Crippen molar-refractivity contribution in [2.45, 2.75) is 20.5 Å². The molecule has 2 rings (SSSR count). The Bertz CT molecular complexity index is 570. The van der Waals surface area contributed by atoms with Crippen molar-refractivity contribution in [3.63, 3.8) is 0 Å². The Morgan fingerprint density at radius 2 is 1.86 bits per heavy atom. The number of carbonyl (C=O) groups is 1. The van der Waals surface area contributed by atoms with Gasteiger partial charge in [0.1, 0.15) is 12.3 Å². The molecular formula is C16H18ClNO3. The molecule has 112 valence electrons. The zero-order chi connectivity index (χ0) is 15.7. The first-order valence-corrected chi connectivity index (χ1v) is 6.97. The lowest BCUT2D eigenvalue weighted by molar-refractivity contribution is 0.111. The normalized spacial score (nSPS) is 9.33. The number of pyridine rings is 1. The summed E-state index contributed by atoms with van der Waals surface area (Å²) in [7, 11) is 1.51. The van der Waals surface area contributed by atoms with Crippen molar-refractivity contribution in [2.75, 3.05) is 7.11 Å². The second-order valence-corrected chi connectivity index (χ2v) is 4.23. The maximum atomic E-state index is 10.6. The summed E-state index contributed by atoms with van der Waals surface area (Å²) in [6.45, 7) is 4.37. The molecular weight excluding hydrogens is 290 g/mol. The summed E-state index contributed by atoms with van der Waals surface area (Å²) >= 11 is 5.81. The first-order chi connectivity index (χ1) is 10.2. The van der Waals surface area contributed by atoms with E-state index in [1.807, 2.05) is 26.0 Å². The van der Waals surface area contributed by atoms with Crippen LogP contribution < -0.4 is 9.47 Å². The van der Waals surface area contributed by atoms with Gasteiger partial charge in [0.2, 0.25) is 0 Å². The van der Waals surface area contributed by atoms with Crippen LogP contribution in [0.2, 0.25) is 5.02 Å². The highest BCUT2D eigenvalue weighted by Crippen LogP contribution is 2.27. The van der Waals surface area contributed by atoms with Crippen LogP contribution >= 0.6 is 11.6 Å². The van der Waals surface area contributed by atoms with Crippen molar-refractivity contribution in [2.24, 2.45) is 0 Å². The number of aromatic nitrogens is 1. The van der Waals surface area contributed by atoms with Gasteiger partial charge in [0.15, 0.2) is 17.8 Å². The van der Waals surface area contributed by atoms with Gasteiger partial charge in [-0.25, -0.2) is 4.98 Å². The Morgan fingerprint density at radius 1 is 1.19 bits per heavy atom. The van der Waals surface area contributed by atoms with E-state index in [2.05, 4.69) is 4.98 Å². The highest BCUT2D eigenvalue weighted by atomic mass is 35.5. The summed E-state index contributed by atoms with van der Waals surface area (Å²) < 4.78 is 10.8. The molecule has 1 aromatic heterocycles. The van der Waals surface area contributed by atoms with Gasteiger partial charge < -0.3 is 9.47 Å². The van der Waals surface area contributed by atoms with Crippen molar-refractivity contribution < 1.29 is 14.3 Å². The lowest BCUT2D eigenvalue weighted by Gasteiger charge is -2.10. The second kappa shape index (κ2) is 8.97. The Labute approximate surface area is 129 Å². The molecule has 1 aromatic carbocycles. The van der Waals surface area contributed by atoms with Crippen LogP contribution in [0.4, 0.5) is 0 Å². The summed E-state index contributed by atoms with van der Waals surface area (Å²) in [5, 5.41) is 0.679. The summed E-state index contributed by atoms with van der Waals surface area (Å²) in [5.74, 6) is 0.967. The first kappa shape index (κ1) is 17.0.